The molecule has 0 saturated carbocycles. The summed E-state index contributed by atoms with van der Waals surface area (Å²) in [5, 5.41) is 7.01. The number of halogens is 1. The normalized spacial score (nSPS) is 11.7. The molecule has 0 spiro atoms. The average Bonchev–Trinajstić information content (AvgIpc) is 3.27. The number of sulfonamides is 1. The maximum Gasteiger partial charge on any atom is 0.257 e. The third-order valence-corrected chi connectivity index (χ3v) is 7.19. The predicted molar refractivity (Wildman–Crippen MR) is 124 cm³/mol. The lowest BCUT2D eigenvalue weighted by Crippen LogP contribution is -2.33. The third-order valence-electron chi connectivity index (χ3n) is 4.83. The molecule has 0 aliphatic heterocycles. The molecule has 0 fully saturated rings. The van der Waals surface area contributed by atoms with Gasteiger partial charge < -0.3 is 10.1 Å². The van der Waals surface area contributed by atoms with Gasteiger partial charge >= 0.3 is 0 Å². The Bertz CT molecular complexity index is 1180. The number of amides is 1. The molecule has 32 heavy (non-hydrogen) atoms. The maximum absolute atomic E-state index is 12.8. The van der Waals surface area contributed by atoms with Gasteiger partial charge in [0, 0.05) is 37.2 Å². The Morgan fingerprint density at radius 2 is 2.00 bits per heavy atom. The van der Waals surface area contributed by atoms with Crippen molar-refractivity contribution in [1.82, 2.24) is 14.1 Å². The van der Waals surface area contributed by atoms with Crippen molar-refractivity contribution in [1.29, 1.82) is 0 Å². The predicted octanol–water partition coefficient (Wildman–Crippen LogP) is 3.90. The van der Waals surface area contributed by atoms with E-state index in [1.165, 1.54) is 29.6 Å². The van der Waals surface area contributed by atoms with E-state index >= 15 is 0 Å². The minimum absolute atomic E-state index is 0.000967. The lowest BCUT2D eigenvalue weighted by atomic mass is 10.2. The number of rotatable bonds is 9. The van der Waals surface area contributed by atoms with Gasteiger partial charge in [-0.1, -0.05) is 17.7 Å². The van der Waals surface area contributed by atoms with Crippen molar-refractivity contribution in [3.8, 4) is 5.75 Å². The van der Waals surface area contributed by atoms with Crippen LogP contribution in [0, 0.1) is 0 Å². The number of nitrogens with one attached hydrogen (secondary N) is 1. The number of carbonyl (C=O) groups excluding carboxylic acids is 1. The first-order chi connectivity index (χ1) is 15.2. The molecule has 0 saturated heterocycles. The van der Waals surface area contributed by atoms with Crippen LogP contribution in [0.2, 0.25) is 5.02 Å². The summed E-state index contributed by atoms with van der Waals surface area (Å²) < 4.78 is 34.3. The first kappa shape index (κ1) is 23.8. The van der Waals surface area contributed by atoms with Gasteiger partial charge in [0.05, 0.1) is 22.0 Å². The lowest BCUT2D eigenvalue weighted by Gasteiger charge is -2.21. The van der Waals surface area contributed by atoms with Gasteiger partial charge in [-0.05, 0) is 50.2 Å². The fraction of sp³-hybridized carbons (Fsp3) is 0.273. The van der Waals surface area contributed by atoms with Gasteiger partial charge in [-0.3, -0.25) is 9.48 Å². The van der Waals surface area contributed by atoms with Crippen LogP contribution in [0.5, 0.6) is 5.75 Å². The van der Waals surface area contributed by atoms with Gasteiger partial charge in [0.15, 0.2) is 0 Å². The minimum Gasteiger partial charge on any atom is -0.492 e. The Morgan fingerprint density at radius 1 is 1.22 bits per heavy atom. The number of hydrogen-bond acceptors (Lipinski definition) is 5. The molecule has 2 aromatic carbocycles. The molecule has 0 radical (unpaired) electrons. The number of hydrogen-bond donors (Lipinski definition) is 1. The van der Waals surface area contributed by atoms with Crippen molar-refractivity contribution in [2.45, 2.75) is 31.3 Å². The first-order valence-electron chi connectivity index (χ1n) is 9.97. The number of nitrogens with zero attached hydrogens (tertiary/aromatic N) is 3. The highest BCUT2D eigenvalue weighted by Gasteiger charge is 2.25. The molecule has 10 heteroatoms. The smallest absolute Gasteiger partial charge is 0.257 e. The van der Waals surface area contributed by atoms with Crippen molar-refractivity contribution >= 4 is 33.2 Å². The van der Waals surface area contributed by atoms with E-state index in [0.717, 1.165) is 0 Å². The molecule has 0 unspecified atom stereocenters. The summed E-state index contributed by atoms with van der Waals surface area (Å²) in [6.07, 6.45) is 3.54. The molecule has 1 heterocycles. The van der Waals surface area contributed by atoms with Crippen LogP contribution >= 0.6 is 11.6 Å². The van der Waals surface area contributed by atoms with Crippen molar-refractivity contribution in [3.05, 3.63) is 71.5 Å². The molecule has 1 aromatic heterocycles. The van der Waals surface area contributed by atoms with Crippen LogP contribution in [0.4, 0.5) is 5.69 Å². The van der Waals surface area contributed by atoms with Crippen LogP contribution in [0.15, 0.2) is 65.8 Å². The van der Waals surface area contributed by atoms with Gasteiger partial charge in [0.1, 0.15) is 12.4 Å². The zero-order valence-corrected chi connectivity index (χ0v) is 19.6. The van der Waals surface area contributed by atoms with E-state index in [1.807, 2.05) is 12.3 Å². The summed E-state index contributed by atoms with van der Waals surface area (Å²) in [7, 11) is -2.26. The van der Waals surface area contributed by atoms with Crippen LogP contribution in [0.3, 0.4) is 0 Å². The van der Waals surface area contributed by atoms with Crippen molar-refractivity contribution in [3.63, 3.8) is 0 Å². The zero-order valence-electron chi connectivity index (χ0n) is 18.0. The van der Waals surface area contributed by atoms with Crippen molar-refractivity contribution < 1.29 is 17.9 Å². The number of anilines is 1. The molecule has 170 valence electrons. The van der Waals surface area contributed by atoms with E-state index in [9.17, 15) is 13.2 Å². The Labute approximate surface area is 192 Å². The number of aromatic nitrogens is 2. The van der Waals surface area contributed by atoms with Crippen LogP contribution in [-0.4, -0.2) is 48.1 Å². The summed E-state index contributed by atoms with van der Waals surface area (Å²) in [5.41, 5.74) is 0.560. The monoisotopic (exact) mass is 476 g/mol. The van der Waals surface area contributed by atoms with Gasteiger partial charge in [0.25, 0.3) is 5.91 Å². The molecular formula is C22H25ClN4O4S. The lowest BCUT2D eigenvalue weighted by molar-refractivity contribution is 0.102. The molecule has 0 bridgehead atoms. The van der Waals surface area contributed by atoms with Crippen molar-refractivity contribution in [2.24, 2.45) is 0 Å². The van der Waals surface area contributed by atoms with Crippen LogP contribution in [0.25, 0.3) is 0 Å². The molecule has 3 rings (SSSR count). The number of benzene rings is 2. The van der Waals surface area contributed by atoms with E-state index in [-0.39, 0.29) is 21.5 Å². The molecule has 0 aliphatic rings. The van der Waals surface area contributed by atoms with Crippen LogP contribution < -0.4 is 10.1 Å². The second-order valence-corrected chi connectivity index (χ2v) is 9.76. The van der Waals surface area contributed by atoms with Crippen LogP contribution in [0.1, 0.15) is 24.2 Å². The second-order valence-electron chi connectivity index (χ2n) is 7.36. The summed E-state index contributed by atoms with van der Waals surface area (Å²) in [5.74, 6) is 0.0591. The second kappa shape index (κ2) is 10.2. The SMILES string of the molecule is CC(C)N(C)S(=O)(=O)c1ccc(Cl)c(C(=O)Nc2cccc(OCCn3cccn3)c2)c1. The molecule has 8 nitrogen and oxygen atoms in total. The highest BCUT2D eigenvalue weighted by molar-refractivity contribution is 7.89. The minimum atomic E-state index is -3.75. The summed E-state index contributed by atoms with van der Waals surface area (Å²) in [6.45, 7) is 4.54. The van der Waals surface area contributed by atoms with Crippen molar-refractivity contribution in [2.75, 3.05) is 19.0 Å². The highest BCUT2D eigenvalue weighted by Crippen LogP contribution is 2.25. The summed E-state index contributed by atoms with van der Waals surface area (Å²) in [4.78, 5) is 12.8. The fourth-order valence-corrected chi connectivity index (χ4v) is 4.43. The Balaban J connectivity index is 1.73. The quantitative estimate of drug-likeness (QED) is 0.505. The van der Waals surface area contributed by atoms with Gasteiger partial charge in [-0.25, -0.2) is 8.42 Å². The topological polar surface area (TPSA) is 93.5 Å². The highest BCUT2D eigenvalue weighted by atomic mass is 35.5. The third kappa shape index (κ3) is 5.67. The number of carbonyl (C=O) groups is 1. The van der Waals surface area contributed by atoms with E-state index in [2.05, 4.69) is 10.4 Å². The van der Waals surface area contributed by atoms with Gasteiger partial charge in [-0.2, -0.15) is 9.40 Å². The average molecular weight is 477 g/mol. The molecule has 0 atom stereocenters. The molecule has 1 N–H and O–H groups in total. The van der Waals surface area contributed by atoms with Crippen LogP contribution in [-0.2, 0) is 16.6 Å². The van der Waals surface area contributed by atoms with E-state index < -0.39 is 15.9 Å². The largest absolute Gasteiger partial charge is 0.492 e. The Morgan fingerprint density at radius 3 is 2.69 bits per heavy atom. The zero-order chi connectivity index (χ0) is 23.3. The number of ether oxygens (including phenoxy) is 1. The maximum atomic E-state index is 12.8. The fourth-order valence-electron chi connectivity index (χ4n) is 2.83. The van der Waals surface area contributed by atoms with E-state index in [0.29, 0.717) is 24.6 Å². The Kier molecular flexibility index (Phi) is 7.55. The molecule has 3 aromatic rings. The van der Waals surface area contributed by atoms with Gasteiger partial charge in [-0.15, -0.1) is 0 Å². The summed E-state index contributed by atoms with van der Waals surface area (Å²) in [6, 6.07) is 12.6. The van der Waals surface area contributed by atoms with E-state index in [1.54, 1.807) is 49.0 Å². The van der Waals surface area contributed by atoms with Gasteiger partial charge in [0.2, 0.25) is 10.0 Å². The summed E-state index contributed by atoms with van der Waals surface area (Å²) >= 11 is 6.20. The molecule has 1 amide bonds. The first-order valence-corrected chi connectivity index (χ1v) is 11.8. The standard InChI is InChI=1S/C22H25ClN4O4S/c1-16(2)26(3)32(29,30)19-8-9-21(23)20(15-19)22(28)25-17-6-4-7-18(14-17)31-13-12-27-11-5-10-24-27/h4-11,14-16H,12-13H2,1-3H3,(H,25,28). The van der Waals surface area contributed by atoms with E-state index in [4.69, 9.17) is 16.3 Å². The molecular weight excluding hydrogens is 452 g/mol. The Hall–Kier alpha value is -2.88. The molecule has 0 aliphatic carbocycles.